The van der Waals surface area contributed by atoms with Gasteiger partial charge in [0.15, 0.2) is 5.58 Å². The van der Waals surface area contributed by atoms with Crippen LogP contribution in [0.2, 0.25) is 10.0 Å². The number of thiophene rings is 1. The Labute approximate surface area is 191 Å². The molecule has 2 heterocycles. The summed E-state index contributed by atoms with van der Waals surface area (Å²) in [5.41, 5.74) is 2.82. The number of oxazole rings is 1. The summed E-state index contributed by atoms with van der Waals surface area (Å²) in [6, 6.07) is 18.1. The molecule has 0 fully saturated rings. The zero-order chi connectivity index (χ0) is 21.5. The maximum absolute atomic E-state index is 12.8. The molecule has 0 unspecified atom stereocenters. The third-order valence-electron chi connectivity index (χ3n) is 4.78. The average Bonchev–Trinajstić information content (AvgIpc) is 3.34. The lowest BCUT2D eigenvalue weighted by Gasteiger charge is -2.04. The van der Waals surface area contributed by atoms with Gasteiger partial charge in [-0.1, -0.05) is 29.3 Å². The fourth-order valence-corrected chi connectivity index (χ4v) is 4.92. The topological polar surface area (TPSA) is 64.4 Å². The van der Waals surface area contributed by atoms with Gasteiger partial charge in [0, 0.05) is 32.4 Å². The number of fused-ring (bicyclic) bond motifs is 2. The average molecular weight is 469 g/mol. The molecule has 8 heteroatoms. The van der Waals surface area contributed by atoms with Crippen molar-refractivity contribution in [1.82, 2.24) is 4.98 Å². The first-order valence-electron chi connectivity index (χ1n) is 9.26. The van der Waals surface area contributed by atoms with Gasteiger partial charge < -0.3 is 14.5 Å². The van der Waals surface area contributed by atoms with E-state index < -0.39 is 0 Å². The molecule has 0 aliphatic heterocycles. The summed E-state index contributed by atoms with van der Waals surface area (Å²) in [4.78, 5) is 17.7. The minimum atomic E-state index is -0.274. The van der Waals surface area contributed by atoms with Crippen LogP contribution in [-0.2, 0) is 0 Å². The number of hydrogen-bond acceptors (Lipinski definition) is 5. The van der Waals surface area contributed by atoms with Gasteiger partial charge in [-0.25, -0.2) is 4.98 Å². The Morgan fingerprint density at radius 2 is 1.87 bits per heavy atom. The van der Waals surface area contributed by atoms with Crippen molar-refractivity contribution >= 4 is 67.3 Å². The highest BCUT2D eigenvalue weighted by atomic mass is 35.5. The number of rotatable bonds is 4. The zero-order valence-corrected chi connectivity index (χ0v) is 18.4. The molecule has 0 aliphatic rings. The normalized spacial score (nSPS) is 11.2. The summed E-state index contributed by atoms with van der Waals surface area (Å²) in [6.45, 7) is 0. The first-order chi connectivity index (χ1) is 15.0. The lowest BCUT2D eigenvalue weighted by molar-refractivity contribution is 0.103. The molecule has 31 heavy (non-hydrogen) atoms. The van der Waals surface area contributed by atoms with Crippen LogP contribution in [0.1, 0.15) is 9.67 Å². The number of hydrogen-bond donors (Lipinski definition) is 1. The molecular formula is C23H14Cl2N2O3S. The van der Waals surface area contributed by atoms with Crippen LogP contribution < -0.4 is 10.1 Å². The molecule has 0 bridgehead atoms. The van der Waals surface area contributed by atoms with E-state index in [4.69, 9.17) is 32.4 Å². The van der Waals surface area contributed by atoms with Crippen LogP contribution in [-0.4, -0.2) is 18.0 Å². The Kier molecular flexibility index (Phi) is 5.06. The predicted octanol–water partition coefficient (Wildman–Crippen LogP) is 7.28. The summed E-state index contributed by atoms with van der Waals surface area (Å²) < 4.78 is 11.9. The third-order valence-corrected chi connectivity index (χ3v) is 6.67. The Balaban J connectivity index is 1.38. The van der Waals surface area contributed by atoms with Crippen LogP contribution in [0, 0.1) is 0 Å². The molecule has 5 aromatic rings. The second-order valence-corrected chi connectivity index (χ2v) is 8.64. The van der Waals surface area contributed by atoms with E-state index in [1.54, 1.807) is 31.4 Å². The number of ether oxygens (including phenoxy) is 1. The summed E-state index contributed by atoms with van der Waals surface area (Å²) in [6.07, 6.45) is 0. The van der Waals surface area contributed by atoms with Gasteiger partial charge in [-0.05, 0) is 48.5 Å². The van der Waals surface area contributed by atoms with E-state index in [1.165, 1.54) is 11.3 Å². The molecule has 5 rings (SSSR count). The van der Waals surface area contributed by atoms with Gasteiger partial charge >= 0.3 is 0 Å². The summed E-state index contributed by atoms with van der Waals surface area (Å²) in [5.74, 6) is 0.933. The number of carbonyl (C=O) groups excluding carboxylic acids is 1. The standard InChI is InChI=1S/C23H14Cl2N2O3S/c1-29-15-7-9-18-17(11-15)27-23(30-18)12-2-5-14(6-3-12)26-22(28)21-20(25)16-8-4-13(24)10-19(16)31-21/h2-11H,1H3,(H,26,28). The number of nitrogens with one attached hydrogen (secondary N) is 1. The first-order valence-corrected chi connectivity index (χ1v) is 10.8. The molecule has 1 N–H and O–H groups in total. The van der Waals surface area contributed by atoms with Crippen LogP contribution >= 0.6 is 34.5 Å². The van der Waals surface area contributed by atoms with Crippen LogP contribution in [0.5, 0.6) is 5.75 Å². The maximum Gasteiger partial charge on any atom is 0.267 e. The van der Waals surface area contributed by atoms with E-state index in [-0.39, 0.29) is 5.91 Å². The van der Waals surface area contributed by atoms with Crippen molar-refractivity contribution in [3.63, 3.8) is 0 Å². The third kappa shape index (κ3) is 3.74. The summed E-state index contributed by atoms with van der Waals surface area (Å²) in [7, 11) is 1.61. The fraction of sp³-hybridized carbons (Fsp3) is 0.0435. The second-order valence-electron chi connectivity index (χ2n) is 6.77. The van der Waals surface area contributed by atoms with Crippen molar-refractivity contribution < 1.29 is 13.9 Å². The van der Waals surface area contributed by atoms with Crippen LogP contribution in [0.4, 0.5) is 5.69 Å². The largest absolute Gasteiger partial charge is 0.497 e. The Hall–Kier alpha value is -3.06. The number of amides is 1. The smallest absolute Gasteiger partial charge is 0.267 e. The van der Waals surface area contributed by atoms with Crippen LogP contribution in [0.15, 0.2) is 65.1 Å². The lowest BCUT2D eigenvalue weighted by Crippen LogP contribution is -2.10. The van der Waals surface area contributed by atoms with Crippen molar-refractivity contribution in [2.24, 2.45) is 0 Å². The number of halogens is 2. The van der Waals surface area contributed by atoms with E-state index in [2.05, 4.69) is 10.3 Å². The van der Waals surface area contributed by atoms with Gasteiger partial charge in [-0.3, -0.25) is 4.79 Å². The van der Waals surface area contributed by atoms with Crippen molar-refractivity contribution in [2.45, 2.75) is 0 Å². The van der Waals surface area contributed by atoms with Gasteiger partial charge in [0.1, 0.15) is 16.1 Å². The van der Waals surface area contributed by atoms with E-state index in [0.717, 1.165) is 15.6 Å². The van der Waals surface area contributed by atoms with Gasteiger partial charge in [0.25, 0.3) is 5.91 Å². The van der Waals surface area contributed by atoms with Gasteiger partial charge in [0.05, 0.1) is 12.1 Å². The number of benzene rings is 3. The molecule has 5 nitrogen and oxygen atoms in total. The van der Waals surface area contributed by atoms with Crippen molar-refractivity contribution in [2.75, 3.05) is 12.4 Å². The highest BCUT2D eigenvalue weighted by molar-refractivity contribution is 7.21. The van der Waals surface area contributed by atoms with Gasteiger partial charge in [0.2, 0.25) is 5.89 Å². The summed E-state index contributed by atoms with van der Waals surface area (Å²) in [5, 5.41) is 4.72. The number of aromatic nitrogens is 1. The number of anilines is 1. The van der Waals surface area contributed by atoms with E-state index in [9.17, 15) is 4.79 Å². The number of nitrogens with zero attached hydrogens (tertiary/aromatic N) is 1. The monoisotopic (exact) mass is 468 g/mol. The highest BCUT2D eigenvalue weighted by Crippen LogP contribution is 2.37. The quantitative estimate of drug-likeness (QED) is 0.301. The lowest BCUT2D eigenvalue weighted by atomic mass is 10.2. The Bertz CT molecular complexity index is 1440. The van der Waals surface area contributed by atoms with Gasteiger partial charge in [-0.15, -0.1) is 11.3 Å². The molecule has 1 amide bonds. The van der Waals surface area contributed by atoms with Crippen molar-refractivity contribution in [1.29, 1.82) is 0 Å². The number of methoxy groups -OCH3 is 1. The van der Waals surface area contributed by atoms with E-state index in [0.29, 0.717) is 43.3 Å². The van der Waals surface area contributed by atoms with E-state index >= 15 is 0 Å². The minimum absolute atomic E-state index is 0.274. The predicted molar refractivity (Wildman–Crippen MR) is 126 cm³/mol. The molecule has 0 saturated heterocycles. The highest BCUT2D eigenvalue weighted by Gasteiger charge is 2.18. The summed E-state index contributed by atoms with van der Waals surface area (Å²) >= 11 is 13.8. The molecule has 0 aliphatic carbocycles. The molecule has 3 aromatic carbocycles. The molecule has 0 spiro atoms. The molecule has 0 radical (unpaired) electrons. The molecule has 2 aromatic heterocycles. The second kappa shape index (κ2) is 7.89. The van der Waals surface area contributed by atoms with E-state index in [1.807, 2.05) is 36.4 Å². The van der Waals surface area contributed by atoms with Gasteiger partial charge in [-0.2, -0.15) is 0 Å². The van der Waals surface area contributed by atoms with Crippen molar-refractivity contribution in [3.05, 3.63) is 75.6 Å². The van der Waals surface area contributed by atoms with Crippen LogP contribution in [0.3, 0.4) is 0 Å². The zero-order valence-electron chi connectivity index (χ0n) is 16.1. The van der Waals surface area contributed by atoms with Crippen molar-refractivity contribution in [3.8, 4) is 17.2 Å². The maximum atomic E-state index is 12.8. The molecule has 0 saturated carbocycles. The molecule has 154 valence electrons. The van der Waals surface area contributed by atoms with Crippen LogP contribution in [0.25, 0.3) is 32.6 Å². The SMILES string of the molecule is COc1ccc2oc(-c3ccc(NC(=O)c4sc5cc(Cl)ccc5c4Cl)cc3)nc2c1. The Morgan fingerprint density at radius 3 is 2.65 bits per heavy atom. The first kappa shape index (κ1) is 19.9. The Morgan fingerprint density at radius 1 is 1.06 bits per heavy atom. The number of carbonyl (C=O) groups is 1. The minimum Gasteiger partial charge on any atom is -0.497 e. The fourth-order valence-electron chi connectivity index (χ4n) is 3.23. The molecule has 0 atom stereocenters. The molecular weight excluding hydrogens is 455 g/mol.